The molecule has 3 rings (SSSR count). The largest absolute Gasteiger partial charge is 0.312 e. The highest BCUT2D eigenvalue weighted by molar-refractivity contribution is 9.13. The monoisotopic (exact) mass is 414 g/mol. The van der Waals surface area contributed by atoms with E-state index in [-0.39, 0.29) is 18.1 Å². The molecular formula is C15H13Br2FN2O. The van der Waals surface area contributed by atoms with Crippen LogP contribution in [-0.4, -0.2) is 17.0 Å². The summed E-state index contributed by atoms with van der Waals surface area (Å²) in [4.78, 5) is 12.6. The third-order valence-corrected chi connectivity index (χ3v) is 5.79. The van der Waals surface area contributed by atoms with Crippen molar-refractivity contribution in [3.05, 3.63) is 56.0 Å². The van der Waals surface area contributed by atoms with Gasteiger partial charge < -0.3 is 5.32 Å². The summed E-state index contributed by atoms with van der Waals surface area (Å²) < 4.78 is 17.0. The van der Waals surface area contributed by atoms with Crippen LogP contribution < -0.4 is 5.32 Å². The molecule has 1 aromatic heterocycles. The van der Waals surface area contributed by atoms with E-state index in [2.05, 4.69) is 37.2 Å². The van der Waals surface area contributed by atoms with Gasteiger partial charge in [0.15, 0.2) is 0 Å². The van der Waals surface area contributed by atoms with Gasteiger partial charge in [-0.05, 0) is 43.5 Å². The zero-order valence-corrected chi connectivity index (χ0v) is 14.3. The van der Waals surface area contributed by atoms with Crippen molar-refractivity contribution in [2.24, 2.45) is 0 Å². The van der Waals surface area contributed by atoms with Crippen LogP contribution in [-0.2, 0) is 19.4 Å². The number of carbonyl (C=O) groups excluding carboxylic acids is 1. The maximum Gasteiger partial charge on any atom is 0.236 e. The Labute approximate surface area is 138 Å². The van der Waals surface area contributed by atoms with Crippen LogP contribution in [0.15, 0.2) is 33.3 Å². The Morgan fingerprint density at radius 3 is 2.86 bits per heavy atom. The molecule has 0 radical (unpaired) electrons. The smallest absolute Gasteiger partial charge is 0.236 e. The molecule has 1 aromatic carbocycles. The Kier molecular flexibility index (Phi) is 4.28. The minimum absolute atomic E-state index is 0.0479. The fourth-order valence-electron chi connectivity index (χ4n) is 2.61. The van der Waals surface area contributed by atoms with Gasteiger partial charge in [-0.1, -0.05) is 18.2 Å². The predicted octanol–water partition coefficient (Wildman–Crippen LogP) is 3.68. The highest BCUT2D eigenvalue weighted by Gasteiger charge is 2.25. The van der Waals surface area contributed by atoms with Crippen molar-refractivity contribution < 1.29 is 9.18 Å². The minimum Gasteiger partial charge on any atom is -0.312 e. The average Bonchev–Trinajstić information content (AvgIpc) is 2.74. The van der Waals surface area contributed by atoms with Crippen molar-refractivity contribution in [1.29, 1.82) is 0 Å². The predicted molar refractivity (Wildman–Crippen MR) is 86.0 cm³/mol. The number of halogens is 3. The second kappa shape index (κ2) is 6.02. The number of hydrogen-bond donors (Lipinski definition) is 1. The molecule has 1 aliphatic heterocycles. The zero-order valence-electron chi connectivity index (χ0n) is 11.1. The van der Waals surface area contributed by atoms with Crippen LogP contribution >= 0.6 is 31.9 Å². The molecule has 21 heavy (non-hydrogen) atoms. The summed E-state index contributed by atoms with van der Waals surface area (Å²) in [7, 11) is 0. The normalized spacial score (nSPS) is 14.0. The third kappa shape index (κ3) is 2.72. The fourth-order valence-corrected chi connectivity index (χ4v) is 3.81. The lowest BCUT2D eigenvalue weighted by molar-refractivity contribution is 0.0907. The molecule has 0 aliphatic carbocycles. The molecule has 0 bridgehead atoms. The Hall–Kier alpha value is -0.980. The molecule has 6 heteroatoms. The molecule has 0 saturated heterocycles. The molecule has 0 amide bonds. The molecule has 0 atom stereocenters. The number of carbonyl (C=O) groups is 1. The second-order valence-electron chi connectivity index (χ2n) is 4.95. The molecule has 0 unspecified atom stereocenters. The number of nitrogens with one attached hydrogen (secondary N) is 1. The van der Waals surface area contributed by atoms with Gasteiger partial charge in [-0.15, -0.1) is 0 Å². The standard InChI is InChI=1S/C15H13Br2FN2O/c16-14-10-8-19-6-5-12(10)20(15(14)17)13(21)7-9-3-1-2-4-11(9)18/h1-4,19H,5-8H2. The first-order valence-electron chi connectivity index (χ1n) is 6.64. The van der Waals surface area contributed by atoms with Crippen molar-refractivity contribution >= 4 is 37.8 Å². The Morgan fingerprint density at radius 2 is 2.10 bits per heavy atom. The van der Waals surface area contributed by atoms with E-state index >= 15 is 0 Å². The van der Waals surface area contributed by atoms with E-state index < -0.39 is 0 Å². The summed E-state index contributed by atoms with van der Waals surface area (Å²) >= 11 is 6.99. The SMILES string of the molecule is O=C(Cc1ccccc1F)n1c(Br)c(Br)c2c1CCNC2. The highest BCUT2D eigenvalue weighted by atomic mass is 79.9. The maximum atomic E-state index is 13.7. The summed E-state index contributed by atoms with van der Waals surface area (Å²) in [5.74, 6) is -0.473. The van der Waals surface area contributed by atoms with Gasteiger partial charge in [-0.3, -0.25) is 9.36 Å². The quantitative estimate of drug-likeness (QED) is 0.811. The summed E-state index contributed by atoms with van der Waals surface area (Å²) in [5.41, 5.74) is 2.51. The molecule has 110 valence electrons. The molecule has 3 nitrogen and oxygen atoms in total. The maximum absolute atomic E-state index is 13.7. The zero-order chi connectivity index (χ0) is 15.0. The molecule has 1 N–H and O–H groups in total. The number of benzene rings is 1. The van der Waals surface area contributed by atoms with Crippen LogP contribution in [0.2, 0.25) is 0 Å². The van der Waals surface area contributed by atoms with Crippen LogP contribution in [0, 0.1) is 5.82 Å². The van der Waals surface area contributed by atoms with Crippen molar-refractivity contribution in [3.8, 4) is 0 Å². The van der Waals surface area contributed by atoms with Crippen LogP contribution in [0.4, 0.5) is 4.39 Å². The lowest BCUT2D eigenvalue weighted by atomic mass is 10.1. The van der Waals surface area contributed by atoms with E-state index in [1.165, 1.54) is 6.07 Å². The van der Waals surface area contributed by atoms with Crippen LogP contribution in [0.5, 0.6) is 0 Å². The van der Waals surface area contributed by atoms with Crippen molar-refractivity contribution in [2.75, 3.05) is 6.54 Å². The van der Waals surface area contributed by atoms with Crippen LogP contribution in [0.3, 0.4) is 0 Å². The topological polar surface area (TPSA) is 34.0 Å². The van der Waals surface area contributed by atoms with Crippen LogP contribution in [0.1, 0.15) is 21.6 Å². The number of aromatic nitrogens is 1. The van der Waals surface area contributed by atoms with Gasteiger partial charge in [0.2, 0.25) is 5.91 Å². The van der Waals surface area contributed by atoms with E-state index in [9.17, 15) is 9.18 Å². The molecule has 1 aliphatic rings. The number of nitrogens with zero attached hydrogens (tertiary/aromatic N) is 1. The lowest BCUT2D eigenvalue weighted by Gasteiger charge is -2.16. The van der Waals surface area contributed by atoms with Gasteiger partial charge >= 0.3 is 0 Å². The summed E-state index contributed by atoms with van der Waals surface area (Å²) in [6.45, 7) is 1.57. The third-order valence-electron chi connectivity index (χ3n) is 3.65. The van der Waals surface area contributed by atoms with Gasteiger partial charge in [-0.25, -0.2) is 4.39 Å². The average molecular weight is 416 g/mol. The second-order valence-corrected chi connectivity index (χ2v) is 6.50. The molecule has 0 spiro atoms. The molecule has 2 heterocycles. The first-order valence-corrected chi connectivity index (χ1v) is 8.23. The van der Waals surface area contributed by atoms with Gasteiger partial charge in [0.25, 0.3) is 0 Å². The Balaban J connectivity index is 1.97. The van der Waals surface area contributed by atoms with E-state index in [0.717, 1.165) is 35.2 Å². The molecular weight excluding hydrogens is 403 g/mol. The first kappa shape index (κ1) is 14.9. The van der Waals surface area contributed by atoms with Gasteiger partial charge in [0, 0.05) is 30.8 Å². The van der Waals surface area contributed by atoms with E-state index in [0.29, 0.717) is 10.2 Å². The fraction of sp³-hybridized carbons (Fsp3) is 0.267. The van der Waals surface area contributed by atoms with Gasteiger partial charge in [0.05, 0.1) is 10.9 Å². The van der Waals surface area contributed by atoms with E-state index in [1.54, 1.807) is 22.8 Å². The lowest BCUT2D eigenvalue weighted by Crippen LogP contribution is -2.27. The van der Waals surface area contributed by atoms with Crippen molar-refractivity contribution in [1.82, 2.24) is 9.88 Å². The summed E-state index contributed by atoms with van der Waals surface area (Å²) in [6.07, 6.45) is 0.828. The molecule has 2 aromatic rings. The number of fused-ring (bicyclic) bond motifs is 1. The molecule has 0 fully saturated rings. The number of rotatable bonds is 2. The van der Waals surface area contributed by atoms with Crippen LogP contribution in [0.25, 0.3) is 0 Å². The highest BCUT2D eigenvalue weighted by Crippen LogP contribution is 2.34. The minimum atomic E-state index is -0.344. The Morgan fingerprint density at radius 1 is 1.33 bits per heavy atom. The Bertz CT molecular complexity index is 712. The molecule has 0 saturated carbocycles. The van der Waals surface area contributed by atoms with Crippen molar-refractivity contribution in [3.63, 3.8) is 0 Å². The first-order chi connectivity index (χ1) is 10.1. The van der Waals surface area contributed by atoms with Gasteiger partial charge in [0.1, 0.15) is 10.4 Å². The van der Waals surface area contributed by atoms with E-state index in [4.69, 9.17) is 0 Å². The van der Waals surface area contributed by atoms with Crippen molar-refractivity contribution in [2.45, 2.75) is 19.4 Å². The summed E-state index contributed by atoms with van der Waals surface area (Å²) in [6, 6.07) is 6.39. The van der Waals surface area contributed by atoms with E-state index in [1.807, 2.05) is 0 Å². The van der Waals surface area contributed by atoms with Gasteiger partial charge in [-0.2, -0.15) is 0 Å². The summed E-state index contributed by atoms with van der Waals surface area (Å²) in [5, 5.41) is 3.28. The number of hydrogen-bond acceptors (Lipinski definition) is 2.